The smallest absolute Gasteiger partial charge is 0.0997 e. The molecule has 1 fully saturated rings. The van der Waals surface area contributed by atoms with Gasteiger partial charge < -0.3 is 4.74 Å². The molecule has 2 nitrogen and oxygen atoms in total. The van der Waals surface area contributed by atoms with Crippen LogP contribution >= 0.6 is 0 Å². The van der Waals surface area contributed by atoms with Gasteiger partial charge in [-0.1, -0.05) is 6.92 Å². The van der Waals surface area contributed by atoms with Crippen LogP contribution in [0.1, 0.15) is 40.5 Å². The highest BCUT2D eigenvalue weighted by atomic mass is 16.5. The number of hydrogen-bond donors (Lipinski definition) is 0. The van der Waals surface area contributed by atoms with Crippen molar-refractivity contribution in [2.75, 3.05) is 19.8 Å². The Labute approximate surface area is 82.3 Å². The van der Waals surface area contributed by atoms with E-state index >= 15 is 0 Å². The topological polar surface area (TPSA) is 12.5 Å². The van der Waals surface area contributed by atoms with Crippen LogP contribution in [0.2, 0.25) is 0 Å². The molecule has 0 amide bonds. The van der Waals surface area contributed by atoms with Crippen LogP contribution in [0, 0.1) is 5.92 Å². The van der Waals surface area contributed by atoms with Crippen molar-refractivity contribution in [3.05, 3.63) is 0 Å². The molecule has 0 aliphatic carbocycles. The highest BCUT2D eigenvalue weighted by Gasteiger charge is 2.18. The highest BCUT2D eigenvalue weighted by Crippen LogP contribution is 2.17. The summed E-state index contributed by atoms with van der Waals surface area (Å²) in [5.74, 6) is 0.908. The van der Waals surface area contributed by atoms with E-state index in [1.165, 1.54) is 25.9 Å². The Morgan fingerprint density at radius 2 is 1.77 bits per heavy atom. The highest BCUT2D eigenvalue weighted by molar-refractivity contribution is 4.68. The molecule has 0 radical (unpaired) electrons. The normalized spacial score (nSPS) is 22.2. The first kappa shape index (κ1) is 11.0. The van der Waals surface area contributed by atoms with Crippen LogP contribution in [0.4, 0.5) is 0 Å². The zero-order chi connectivity index (χ0) is 9.90. The molecule has 0 unspecified atom stereocenters. The molecule has 1 aliphatic rings. The van der Waals surface area contributed by atoms with Gasteiger partial charge >= 0.3 is 0 Å². The molecule has 1 saturated heterocycles. The first-order valence-corrected chi connectivity index (χ1v) is 5.34. The van der Waals surface area contributed by atoms with Crippen LogP contribution in [-0.4, -0.2) is 30.3 Å². The van der Waals surface area contributed by atoms with E-state index < -0.39 is 0 Å². The van der Waals surface area contributed by atoms with E-state index in [4.69, 9.17) is 4.74 Å². The Morgan fingerprint density at radius 3 is 2.23 bits per heavy atom. The van der Waals surface area contributed by atoms with Crippen LogP contribution in [0.25, 0.3) is 0 Å². The van der Waals surface area contributed by atoms with E-state index in [2.05, 4.69) is 32.6 Å². The fraction of sp³-hybridized carbons (Fsp3) is 1.00. The predicted octanol–water partition coefficient (Wildman–Crippen LogP) is 2.49. The summed E-state index contributed by atoms with van der Waals surface area (Å²) < 4.78 is 5.73. The van der Waals surface area contributed by atoms with Gasteiger partial charge in [-0.25, -0.2) is 0 Å². The molecule has 78 valence electrons. The number of piperidine rings is 1. The Bertz CT molecular complexity index is 143. The molecular weight excluding hydrogens is 162 g/mol. The van der Waals surface area contributed by atoms with Crippen LogP contribution < -0.4 is 0 Å². The molecule has 0 N–H and O–H groups in total. The monoisotopic (exact) mass is 185 g/mol. The SMILES string of the molecule is CC1CCN(COC(C)(C)C)CC1. The summed E-state index contributed by atoms with van der Waals surface area (Å²) >= 11 is 0. The maximum absolute atomic E-state index is 5.73. The molecule has 0 bridgehead atoms. The second-order valence-corrected chi connectivity index (χ2v) is 5.19. The summed E-state index contributed by atoms with van der Waals surface area (Å²) in [5, 5.41) is 0. The summed E-state index contributed by atoms with van der Waals surface area (Å²) in [4.78, 5) is 2.41. The minimum Gasteiger partial charge on any atom is -0.360 e. The average molecular weight is 185 g/mol. The van der Waals surface area contributed by atoms with Crippen molar-refractivity contribution < 1.29 is 4.74 Å². The van der Waals surface area contributed by atoms with Crippen LogP contribution in [0.15, 0.2) is 0 Å². The van der Waals surface area contributed by atoms with Gasteiger partial charge in [-0.15, -0.1) is 0 Å². The number of nitrogens with zero attached hydrogens (tertiary/aromatic N) is 1. The molecule has 1 heterocycles. The average Bonchev–Trinajstić information content (AvgIpc) is 2.02. The number of hydrogen-bond acceptors (Lipinski definition) is 2. The summed E-state index contributed by atoms with van der Waals surface area (Å²) in [6, 6.07) is 0. The van der Waals surface area contributed by atoms with E-state index in [0.717, 1.165) is 12.6 Å². The lowest BCUT2D eigenvalue weighted by Gasteiger charge is -2.32. The van der Waals surface area contributed by atoms with Gasteiger partial charge in [0.15, 0.2) is 0 Å². The largest absolute Gasteiger partial charge is 0.360 e. The third kappa shape index (κ3) is 4.63. The summed E-state index contributed by atoms with van der Waals surface area (Å²) in [6.07, 6.45) is 2.65. The zero-order valence-electron chi connectivity index (χ0n) is 9.47. The molecule has 0 spiro atoms. The van der Waals surface area contributed by atoms with Crippen molar-refractivity contribution in [1.82, 2.24) is 4.90 Å². The standard InChI is InChI=1S/C11H23NO/c1-10-5-7-12(8-6-10)9-13-11(2,3)4/h10H,5-9H2,1-4H3. The van der Waals surface area contributed by atoms with E-state index in [0.29, 0.717) is 0 Å². The fourth-order valence-electron chi connectivity index (χ4n) is 1.48. The van der Waals surface area contributed by atoms with Gasteiger partial charge in [-0.05, 0) is 39.5 Å². The van der Waals surface area contributed by atoms with Crippen molar-refractivity contribution in [2.45, 2.75) is 46.1 Å². The summed E-state index contributed by atoms with van der Waals surface area (Å²) in [5.41, 5.74) is 0.00304. The molecule has 1 rings (SSSR count). The third-order valence-electron chi connectivity index (χ3n) is 2.56. The second-order valence-electron chi connectivity index (χ2n) is 5.19. The van der Waals surface area contributed by atoms with Crippen LogP contribution in [-0.2, 0) is 4.74 Å². The maximum atomic E-state index is 5.73. The first-order valence-electron chi connectivity index (χ1n) is 5.34. The first-order chi connectivity index (χ1) is 5.97. The van der Waals surface area contributed by atoms with Crippen molar-refractivity contribution >= 4 is 0 Å². The quantitative estimate of drug-likeness (QED) is 0.655. The molecular formula is C11H23NO. The van der Waals surface area contributed by atoms with Crippen molar-refractivity contribution in [3.8, 4) is 0 Å². The van der Waals surface area contributed by atoms with Crippen molar-refractivity contribution in [1.29, 1.82) is 0 Å². The van der Waals surface area contributed by atoms with Gasteiger partial charge in [0.05, 0.1) is 12.3 Å². The Morgan fingerprint density at radius 1 is 1.23 bits per heavy atom. The lowest BCUT2D eigenvalue weighted by atomic mass is 10.00. The molecule has 0 saturated carbocycles. The van der Waals surface area contributed by atoms with Gasteiger partial charge in [0.2, 0.25) is 0 Å². The molecule has 0 atom stereocenters. The minimum atomic E-state index is 0.00304. The molecule has 0 aromatic rings. The molecule has 0 aromatic carbocycles. The minimum absolute atomic E-state index is 0.00304. The third-order valence-corrected chi connectivity index (χ3v) is 2.56. The summed E-state index contributed by atoms with van der Waals surface area (Å²) in [6.45, 7) is 11.9. The van der Waals surface area contributed by atoms with E-state index in [1.807, 2.05) is 0 Å². The lowest BCUT2D eigenvalue weighted by Crippen LogP contribution is -2.37. The Kier molecular flexibility index (Phi) is 3.74. The van der Waals surface area contributed by atoms with Gasteiger partial charge in [-0.3, -0.25) is 4.90 Å². The lowest BCUT2D eigenvalue weighted by molar-refractivity contribution is -0.0705. The van der Waals surface area contributed by atoms with Gasteiger partial charge in [0.1, 0.15) is 0 Å². The number of ether oxygens (including phenoxy) is 1. The molecule has 13 heavy (non-hydrogen) atoms. The van der Waals surface area contributed by atoms with Crippen molar-refractivity contribution in [3.63, 3.8) is 0 Å². The van der Waals surface area contributed by atoms with E-state index in [9.17, 15) is 0 Å². The van der Waals surface area contributed by atoms with Gasteiger partial charge in [0.25, 0.3) is 0 Å². The van der Waals surface area contributed by atoms with E-state index in [1.54, 1.807) is 0 Å². The molecule has 0 aromatic heterocycles. The zero-order valence-corrected chi connectivity index (χ0v) is 9.47. The predicted molar refractivity (Wildman–Crippen MR) is 55.7 cm³/mol. The molecule has 1 aliphatic heterocycles. The summed E-state index contributed by atoms with van der Waals surface area (Å²) in [7, 11) is 0. The molecule has 2 heteroatoms. The van der Waals surface area contributed by atoms with Crippen LogP contribution in [0.3, 0.4) is 0 Å². The van der Waals surface area contributed by atoms with Gasteiger partial charge in [-0.2, -0.15) is 0 Å². The number of rotatable bonds is 2. The second kappa shape index (κ2) is 4.43. The fourth-order valence-corrected chi connectivity index (χ4v) is 1.48. The van der Waals surface area contributed by atoms with Crippen molar-refractivity contribution in [2.24, 2.45) is 5.92 Å². The maximum Gasteiger partial charge on any atom is 0.0997 e. The van der Waals surface area contributed by atoms with Gasteiger partial charge in [0, 0.05) is 13.1 Å². The van der Waals surface area contributed by atoms with Crippen LogP contribution in [0.5, 0.6) is 0 Å². The van der Waals surface area contributed by atoms with E-state index in [-0.39, 0.29) is 5.60 Å². The number of likely N-dealkylation sites (tertiary alicyclic amines) is 1. The Balaban J connectivity index is 2.16. The Hall–Kier alpha value is -0.0800.